The predicted molar refractivity (Wildman–Crippen MR) is 96.8 cm³/mol. The monoisotopic (exact) mass is 358 g/mol. The van der Waals surface area contributed by atoms with Gasteiger partial charge in [0.15, 0.2) is 0 Å². The quantitative estimate of drug-likeness (QED) is 0.783. The lowest BCUT2D eigenvalue weighted by molar-refractivity contribution is -0.132. The maximum absolute atomic E-state index is 12.7. The summed E-state index contributed by atoms with van der Waals surface area (Å²) in [6.07, 6.45) is 6.20. The van der Waals surface area contributed by atoms with Gasteiger partial charge >= 0.3 is 0 Å². The van der Waals surface area contributed by atoms with Crippen LogP contribution in [0.15, 0.2) is 16.8 Å². The summed E-state index contributed by atoms with van der Waals surface area (Å²) in [4.78, 5) is 25.5. The number of anilines is 1. The Morgan fingerprint density at radius 1 is 1.35 bits per heavy atom. The fraction of sp³-hybridized carbons (Fsp3) is 0.611. The molecule has 0 aliphatic carbocycles. The van der Waals surface area contributed by atoms with Gasteiger partial charge in [-0.1, -0.05) is 13.8 Å². The Morgan fingerprint density at radius 3 is 2.85 bits per heavy atom. The minimum Gasteiger partial charge on any atom is -0.425 e. The van der Waals surface area contributed by atoms with E-state index in [0.717, 1.165) is 30.9 Å². The molecule has 1 atom stereocenters. The zero-order valence-corrected chi connectivity index (χ0v) is 15.8. The van der Waals surface area contributed by atoms with Crippen molar-refractivity contribution < 1.29 is 9.21 Å². The largest absolute Gasteiger partial charge is 0.425 e. The zero-order valence-electron chi connectivity index (χ0n) is 15.8. The molecule has 2 aromatic heterocycles. The third-order valence-electron chi connectivity index (χ3n) is 4.54. The molecule has 8 heteroatoms. The van der Waals surface area contributed by atoms with Crippen LogP contribution in [0.1, 0.15) is 62.5 Å². The normalized spacial score (nSPS) is 17.1. The van der Waals surface area contributed by atoms with E-state index in [-0.39, 0.29) is 17.9 Å². The molecule has 1 amide bonds. The molecule has 1 saturated heterocycles. The summed E-state index contributed by atoms with van der Waals surface area (Å²) in [5.41, 5.74) is 0.849. The van der Waals surface area contributed by atoms with Crippen LogP contribution in [0.4, 0.5) is 5.82 Å². The molecule has 140 valence electrons. The lowest BCUT2D eigenvalue weighted by Gasteiger charge is -2.24. The smallest absolute Gasteiger partial charge is 0.223 e. The maximum Gasteiger partial charge on any atom is 0.223 e. The fourth-order valence-electron chi connectivity index (χ4n) is 3.08. The molecule has 8 nitrogen and oxygen atoms in total. The Labute approximate surface area is 153 Å². The van der Waals surface area contributed by atoms with Crippen LogP contribution in [0.2, 0.25) is 0 Å². The highest BCUT2D eigenvalue weighted by Gasteiger charge is 2.31. The zero-order chi connectivity index (χ0) is 18.7. The van der Waals surface area contributed by atoms with Crippen LogP contribution in [-0.4, -0.2) is 51.6 Å². The molecular weight excluding hydrogens is 332 g/mol. The number of aryl methyl sites for hydroxylation is 1. The molecule has 0 unspecified atom stereocenters. The van der Waals surface area contributed by atoms with Crippen molar-refractivity contribution >= 4 is 11.7 Å². The third-order valence-corrected chi connectivity index (χ3v) is 4.54. The SMILES string of the molecule is CC(C)c1nnc(CCC(=O)N2CCC[C@@H]2c2cncc(N(C)C)n2)o1. The van der Waals surface area contributed by atoms with E-state index in [1.807, 2.05) is 37.7 Å². The number of amides is 1. The van der Waals surface area contributed by atoms with E-state index in [1.165, 1.54) is 0 Å². The van der Waals surface area contributed by atoms with Crippen molar-refractivity contribution in [3.63, 3.8) is 0 Å². The second kappa shape index (κ2) is 7.80. The molecule has 0 aromatic carbocycles. The summed E-state index contributed by atoms with van der Waals surface area (Å²) in [6, 6.07) is -0.0104. The van der Waals surface area contributed by atoms with Gasteiger partial charge in [0.1, 0.15) is 5.82 Å². The number of hydrogen-bond acceptors (Lipinski definition) is 7. The van der Waals surface area contributed by atoms with Crippen LogP contribution in [0, 0.1) is 0 Å². The summed E-state index contributed by atoms with van der Waals surface area (Å²) in [6.45, 7) is 4.75. The van der Waals surface area contributed by atoms with Crippen molar-refractivity contribution in [3.8, 4) is 0 Å². The Hall–Kier alpha value is -2.51. The Morgan fingerprint density at radius 2 is 2.15 bits per heavy atom. The fourth-order valence-corrected chi connectivity index (χ4v) is 3.08. The van der Waals surface area contributed by atoms with Gasteiger partial charge in [-0.25, -0.2) is 4.98 Å². The summed E-state index contributed by atoms with van der Waals surface area (Å²) in [5.74, 6) is 2.22. The van der Waals surface area contributed by atoms with Crippen molar-refractivity contribution in [2.45, 2.75) is 51.5 Å². The van der Waals surface area contributed by atoms with E-state index in [1.54, 1.807) is 12.4 Å². The van der Waals surface area contributed by atoms with Gasteiger partial charge in [0.05, 0.1) is 24.1 Å². The molecule has 0 bridgehead atoms. The molecule has 2 aromatic rings. The molecule has 3 heterocycles. The van der Waals surface area contributed by atoms with Crippen LogP contribution in [0.5, 0.6) is 0 Å². The standard InChI is InChI=1S/C18H26N6O2/c1-12(2)18-22-21-16(26-18)7-8-17(25)24-9-5-6-14(24)13-10-19-11-15(20-13)23(3)4/h10-12,14H,5-9H2,1-4H3/t14-/m1/s1. The first-order valence-electron chi connectivity index (χ1n) is 9.06. The number of carbonyl (C=O) groups is 1. The van der Waals surface area contributed by atoms with Crippen molar-refractivity contribution in [1.82, 2.24) is 25.1 Å². The van der Waals surface area contributed by atoms with E-state index >= 15 is 0 Å². The van der Waals surface area contributed by atoms with Crippen molar-refractivity contribution in [3.05, 3.63) is 29.9 Å². The lowest BCUT2D eigenvalue weighted by atomic mass is 10.1. The number of nitrogens with zero attached hydrogens (tertiary/aromatic N) is 6. The first kappa shape index (κ1) is 18.3. The van der Waals surface area contributed by atoms with Gasteiger partial charge in [0.2, 0.25) is 17.7 Å². The number of carbonyl (C=O) groups excluding carboxylic acids is 1. The van der Waals surface area contributed by atoms with Crippen molar-refractivity contribution in [2.24, 2.45) is 0 Å². The second-order valence-electron chi connectivity index (χ2n) is 7.13. The van der Waals surface area contributed by atoms with Crippen LogP contribution >= 0.6 is 0 Å². The molecule has 1 aliphatic rings. The van der Waals surface area contributed by atoms with Crippen LogP contribution in [0.25, 0.3) is 0 Å². The minimum atomic E-state index is -0.0104. The average molecular weight is 358 g/mol. The highest BCUT2D eigenvalue weighted by atomic mass is 16.4. The summed E-state index contributed by atoms with van der Waals surface area (Å²) in [7, 11) is 3.86. The second-order valence-corrected chi connectivity index (χ2v) is 7.13. The van der Waals surface area contributed by atoms with Crippen LogP contribution in [-0.2, 0) is 11.2 Å². The van der Waals surface area contributed by atoms with E-state index in [0.29, 0.717) is 24.6 Å². The molecule has 3 rings (SSSR count). The van der Waals surface area contributed by atoms with Crippen molar-refractivity contribution in [1.29, 1.82) is 0 Å². The number of likely N-dealkylation sites (tertiary alicyclic amines) is 1. The topological polar surface area (TPSA) is 88.3 Å². The average Bonchev–Trinajstić information content (AvgIpc) is 3.29. The molecule has 1 aliphatic heterocycles. The third kappa shape index (κ3) is 4.00. The van der Waals surface area contributed by atoms with Gasteiger partial charge in [0, 0.05) is 39.4 Å². The Balaban J connectivity index is 1.65. The van der Waals surface area contributed by atoms with Crippen LogP contribution < -0.4 is 4.90 Å². The van der Waals surface area contributed by atoms with Gasteiger partial charge in [-0.05, 0) is 12.8 Å². The summed E-state index contributed by atoms with van der Waals surface area (Å²) in [5, 5.41) is 8.04. The van der Waals surface area contributed by atoms with E-state index in [2.05, 4.69) is 20.2 Å². The molecule has 1 fully saturated rings. The van der Waals surface area contributed by atoms with Gasteiger partial charge in [-0.2, -0.15) is 0 Å². The predicted octanol–water partition coefficient (Wildman–Crippen LogP) is 2.35. The van der Waals surface area contributed by atoms with Gasteiger partial charge in [-0.15, -0.1) is 10.2 Å². The number of aromatic nitrogens is 4. The molecule has 0 spiro atoms. The number of rotatable bonds is 6. The van der Waals surface area contributed by atoms with Gasteiger partial charge in [0.25, 0.3) is 0 Å². The molecule has 26 heavy (non-hydrogen) atoms. The Kier molecular flexibility index (Phi) is 5.49. The highest BCUT2D eigenvalue weighted by molar-refractivity contribution is 5.77. The summed E-state index contributed by atoms with van der Waals surface area (Å²) < 4.78 is 5.59. The van der Waals surface area contributed by atoms with E-state index < -0.39 is 0 Å². The first-order valence-corrected chi connectivity index (χ1v) is 9.06. The van der Waals surface area contributed by atoms with Gasteiger partial charge < -0.3 is 14.2 Å². The number of hydrogen-bond donors (Lipinski definition) is 0. The Bertz CT molecular complexity index is 758. The molecule has 0 saturated carbocycles. The summed E-state index contributed by atoms with van der Waals surface area (Å²) >= 11 is 0. The van der Waals surface area contributed by atoms with E-state index in [9.17, 15) is 4.79 Å². The molecule has 0 N–H and O–H groups in total. The molecule has 0 radical (unpaired) electrons. The maximum atomic E-state index is 12.7. The lowest BCUT2D eigenvalue weighted by Crippen LogP contribution is -2.31. The van der Waals surface area contributed by atoms with Crippen molar-refractivity contribution in [2.75, 3.05) is 25.5 Å². The highest BCUT2D eigenvalue weighted by Crippen LogP contribution is 2.31. The first-order chi connectivity index (χ1) is 12.5. The minimum absolute atomic E-state index is 0.0104. The van der Waals surface area contributed by atoms with E-state index in [4.69, 9.17) is 4.42 Å². The van der Waals surface area contributed by atoms with Crippen LogP contribution in [0.3, 0.4) is 0 Å². The van der Waals surface area contributed by atoms with Gasteiger partial charge in [-0.3, -0.25) is 9.78 Å². The molecular formula is C18H26N6O2.